The monoisotopic (exact) mass is 277 g/mol. The van der Waals surface area contributed by atoms with E-state index in [1.807, 2.05) is 20.8 Å². The summed E-state index contributed by atoms with van der Waals surface area (Å²) >= 11 is 0. The van der Waals surface area contributed by atoms with E-state index in [2.05, 4.69) is 5.48 Å². The van der Waals surface area contributed by atoms with Gasteiger partial charge in [-0.2, -0.15) is 5.48 Å². The van der Waals surface area contributed by atoms with Crippen LogP contribution in [0.25, 0.3) is 0 Å². The van der Waals surface area contributed by atoms with Crippen molar-refractivity contribution in [1.82, 2.24) is 5.48 Å². The molecule has 0 radical (unpaired) electrons. The Bertz CT molecular complexity index is 287. The number of hydroxylamine groups is 1. The Kier molecular flexibility index (Phi) is 4.63. The van der Waals surface area contributed by atoms with Crippen LogP contribution in [0.3, 0.4) is 0 Å². The van der Waals surface area contributed by atoms with E-state index in [9.17, 15) is 10.2 Å². The largest absolute Gasteiger partial charge is 0.393 e. The van der Waals surface area contributed by atoms with Gasteiger partial charge in [0.15, 0.2) is 0 Å². The smallest absolute Gasteiger partial charge is 0.139 e. The number of rotatable bonds is 5. The lowest BCUT2D eigenvalue weighted by molar-refractivity contribution is -0.176. The van der Waals surface area contributed by atoms with Gasteiger partial charge in [-0.15, -0.1) is 8.58 Å². The molecule has 3 N–H and O–H groups in total. The number of ether oxygens (including phenoxy) is 1. The molecule has 0 aliphatic carbocycles. The average Bonchev–Trinajstić information content (AvgIpc) is 2.52. The van der Waals surface area contributed by atoms with Crippen molar-refractivity contribution in [3.63, 3.8) is 0 Å². The number of aliphatic hydroxyl groups excluding tert-OH is 2. The molecule has 18 heavy (non-hydrogen) atoms. The molecule has 2 aliphatic rings. The zero-order chi connectivity index (χ0) is 13.3. The quantitative estimate of drug-likeness (QED) is 0.491. The third-order valence-corrected chi connectivity index (χ3v) is 5.61. The molecule has 0 bridgehead atoms. The molecule has 0 aromatic heterocycles. The number of hydrogen-bond donors (Lipinski definition) is 3. The highest BCUT2D eigenvalue weighted by Gasteiger charge is 2.56. The second kappa shape index (κ2) is 5.70. The normalized spacial score (nSPS) is 45.7. The van der Waals surface area contributed by atoms with Crippen LogP contribution < -0.4 is 5.48 Å². The van der Waals surface area contributed by atoms with Gasteiger partial charge in [-0.1, -0.05) is 13.8 Å². The fraction of sp³-hybridized carbons (Fsp3) is 1.00. The van der Waals surface area contributed by atoms with Gasteiger partial charge in [0.05, 0.1) is 12.7 Å². The summed E-state index contributed by atoms with van der Waals surface area (Å²) in [5, 5.41) is 19.9. The van der Waals surface area contributed by atoms with Gasteiger partial charge in [0.2, 0.25) is 0 Å². The number of nitrogens with one attached hydrogen (secondary N) is 1. The fourth-order valence-corrected chi connectivity index (χ4v) is 3.25. The lowest BCUT2D eigenvalue weighted by atomic mass is 9.85. The van der Waals surface area contributed by atoms with Crippen molar-refractivity contribution in [2.75, 3.05) is 18.9 Å². The van der Waals surface area contributed by atoms with Crippen LogP contribution in [-0.2, 0) is 9.57 Å². The van der Waals surface area contributed by atoms with Crippen LogP contribution in [-0.4, -0.2) is 59.1 Å². The zero-order valence-electron chi connectivity index (χ0n) is 11.2. The highest BCUT2D eigenvalue weighted by Crippen LogP contribution is 2.38. The molecule has 0 saturated carbocycles. The third kappa shape index (κ3) is 2.45. The minimum absolute atomic E-state index is 0.0668. The van der Waals surface area contributed by atoms with Crippen molar-refractivity contribution in [1.29, 1.82) is 0 Å². The Hall–Kier alpha value is 0.230. The molecule has 2 heterocycles. The average molecular weight is 277 g/mol. The van der Waals surface area contributed by atoms with Crippen LogP contribution >= 0.6 is 8.58 Å². The molecule has 6 heteroatoms. The predicted molar refractivity (Wildman–Crippen MR) is 71.1 cm³/mol. The van der Waals surface area contributed by atoms with E-state index in [4.69, 9.17) is 9.57 Å². The summed E-state index contributed by atoms with van der Waals surface area (Å²) in [5.41, 5.74) is 2.19. The summed E-state index contributed by atoms with van der Waals surface area (Å²) in [6, 6.07) is 0.384. The Balaban J connectivity index is 2.05. The zero-order valence-corrected chi connectivity index (χ0v) is 12.2. The highest BCUT2D eigenvalue weighted by atomic mass is 31.1. The number of hydrogen-bond acceptors (Lipinski definition) is 5. The van der Waals surface area contributed by atoms with Gasteiger partial charge < -0.3 is 14.9 Å². The van der Waals surface area contributed by atoms with Crippen molar-refractivity contribution in [3.8, 4) is 0 Å². The standard InChI is InChI=1S/C12H24NO4P/c1-7(2)12(6-14)11(10(15)8(3)16-12)17-13-9-4-18-5-9/h7-11,13-15,18H,4-6H2,1-3H3. The molecular formula is C12H24NO4P. The van der Waals surface area contributed by atoms with Crippen LogP contribution in [0.1, 0.15) is 20.8 Å². The minimum atomic E-state index is -0.822. The van der Waals surface area contributed by atoms with E-state index in [1.54, 1.807) is 0 Å². The highest BCUT2D eigenvalue weighted by molar-refractivity contribution is 7.40. The maximum atomic E-state index is 10.2. The van der Waals surface area contributed by atoms with Gasteiger partial charge in [-0.25, -0.2) is 0 Å². The molecule has 106 valence electrons. The topological polar surface area (TPSA) is 71.0 Å². The predicted octanol–water partition coefficient (Wildman–Crippen LogP) is 0.104. The second-order valence-corrected chi connectivity index (χ2v) is 6.91. The van der Waals surface area contributed by atoms with Gasteiger partial charge in [0.1, 0.15) is 17.8 Å². The Morgan fingerprint density at radius 3 is 2.61 bits per heavy atom. The molecule has 0 aromatic rings. The molecule has 0 spiro atoms. The van der Waals surface area contributed by atoms with Gasteiger partial charge in [0.25, 0.3) is 0 Å². The molecule has 2 fully saturated rings. The van der Waals surface area contributed by atoms with Crippen molar-refractivity contribution in [3.05, 3.63) is 0 Å². The first kappa shape index (κ1) is 14.6. The van der Waals surface area contributed by atoms with Crippen molar-refractivity contribution < 1.29 is 19.8 Å². The summed E-state index contributed by atoms with van der Waals surface area (Å²) in [6.07, 6.45) is 0.700. The molecule has 2 aliphatic heterocycles. The summed E-state index contributed by atoms with van der Waals surface area (Å²) in [7, 11) is 1.01. The first-order chi connectivity index (χ1) is 8.51. The van der Waals surface area contributed by atoms with Crippen molar-refractivity contribution >= 4 is 8.58 Å². The molecular weight excluding hydrogens is 253 g/mol. The van der Waals surface area contributed by atoms with E-state index in [0.717, 1.165) is 20.9 Å². The summed E-state index contributed by atoms with van der Waals surface area (Å²) in [5.74, 6) is 0.0668. The lowest BCUT2D eigenvalue weighted by Gasteiger charge is -2.38. The summed E-state index contributed by atoms with van der Waals surface area (Å²) in [6.45, 7) is 5.61. The van der Waals surface area contributed by atoms with Gasteiger partial charge >= 0.3 is 0 Å². The van der Waals surface area contributed by atoms with Crippen LogP contribution in [0.5, 0.6) is 0 Å². The molecule has 4 unspecified atom stereocenters. The van der Waals surface area contributed by atoms with Crippen LogP contribution in [0.2, 0.25) is 0 Å². The third-order valence-electron chi connectivity index (χ3n) is 4.05. The van der Waals surface area contributed by atoms with E-state index in [-0.39, 0.29) is 18.6 Å². The fourth-order valence-electron chi connectivity index (χ4n) is 2.50. The Morgan fingerprint density at radius 2 is 2.17 bits per heavy atom. The molecule has 2 rings (SSSR count). The SMILES string of the molecule is CC1OC(CO)(C(C)C)C(ONC2CPC2)C1O. The molecule has 2 saturated heterocycles. The van der Waals surface area contributed by atoms with E-state index in [0.29, 0.717) is 6.04 Å². The van der Waals surface area contributed by atoms with Gasteiger partial charge in [-0.3, -0.25) is 4.84 Å². The van der Waals surface area contributed by atoms with E-state index in [1.165, 1.54) is 0 Å². The molecule has 5 nitrogen and oxygen atoms in total. The Labute approximate surface area is 110 Å². The molecule has 0 amide bonds. The van der Waals surface area contributed by atoms with Crippen molar-refractivity contribution in [2.24, 2.45) is 5.92 Å². The van der Waals surface area contributed by atoms with Gasteiger partial charge in [0, 0.05) is 6.04 Å². The van der Waals surface area contributed by atoms with Crippen LogP contribution in [0, 0.1) is 5.92 Å². The van der Waals surface area contributed by atoms with E-state index >= 15 is 0 Å². The molecule has 0 aromatic carbocycles. The maximum Gasteiger partial charge on any atom is 0.139 e. The summed E-state index contributed by atoms with van der Waals surface area (Å²) < 4.78 is 5.81. The van der Waals surface area contributed by atoms with Crippen LogP contribution in [0.4, 0.5) is 0 Å². The first-order valence-corrected chi connectivity index (χ1v) is 8.01. The minimum Gasteiger partial charge on any atom is -0.393 e. The maximum absolute atomic E-state index is 10.2. The first-order valence-electron chi connectivity index (χ1n) is 6.60. The number of aliphatic hydroxyl groups is 2. The van der Waals surface area contributed by atoms with E-state index < -0.39 is 17.8 Å². The van der Waals surface area contributed by atoms with Crippen LogP contribution in [0.15, 0.2) is 0 Å². The Morgan fingerprint density at radius 1 is 1.50 bits per heavy atom. The summed E-state index contributed by atoms with van der Waals surface area (Å²) in [4.78, 5) is 5.68. The molecule has 4 atom stereocenters. The van der Waals surface area contributed by atoms with Crippen molar-refractivity contribution in [2.45, 2.75) is 50.7 Å². The van der Waals surface area contributed by atoms with Gasteiger partial charge in [-0.05, 0) is 25.2 Å². The second-order valence-electron chi connectivity index (χ2n) is 5.59. The lowest BCUT2D eigenvalue weighted by Crippen LogP contribution is -2.55.